The van der Waals surface area contributed by atoms with E-state index in [0.717, 1.165) is 12.1 Å². The lowest BCUT2D eigenvalue weighted by Gasteiger charge is -2.45. The van der Waals surface area contributed by atoms with Crippen molar-refractivity contribution in [1.29, 1.82) is 0 Å². The van der Waals surface area contributed by atoms with Gasteiger partial charge in [-0.1, -0.05) is 171 Å². The standard InChI is InChI=1S/C71H80BN3/c1-41-32-60-63-61(33-41)75-64-50(62-49-22-20-21-23-51(49)71(18,19)65(62)75)37-47(68(11,12)13)38-55(64)72(63)54-27-26-48(39-59(54)74(60)58-40-53-52(36-44(58)4)69(14,15)30-31-70(53,16)17)73(56-28-24-45(34-42(56)2)66(5,6)7)57-29-25-46(35-43(57)3)67(8,9)10/h20-29,32-40H,30-31H2,1-19H3. The van der Waals surface area contributed by atoms with Gasteiger partial charge in [-0.15, -0.1) is 0 Å². The van der Waals surface area contributed by atoms with Crippen LogP contribution in [0.15, 0.2) is 115 Å². The second kappa shape index (κ2) is 15.9. The Morgan fingerprint density at radius 1 is 0.493 bits per heavy atom. The average molecular weight is 986 g/mol. The van der Waals surface area contributed by atoms with Crippen LogP contribution in [0.1, 0.15) is 178 Å². The number of hydrogen-bond acceptors (Lipinski definition) is 2. The number of hydrogen-bond donors (Lipinski definition) is 0. The van der Waals surface area contributed by atoms with E-state index in [4.69, 9.17) is 0 Å². The maximum absolute atomic E-state index is 2.74. The fourth-order valence-electron chi connectivity index (χ4n) is 14.1. The first-order valence-corrected chi connectivity index (χ1v) is 28.1. The molecule has 0 saturated carbocycles. The van der Waals surface area contributed by atoms with Crippen LogP contribution >= 0.6 is 0 Å². The number of aromatic nitrogens is 1. The predicted octanol–water partition coefficient (Wildman–Crippen LogP) is 17.5. The fourth-order valence-corrected chi connectivity index (χ4v) is 14.1. The molecular formula is C71H80BN3. The van der Waals surface area contributed by atoms with E-state index >= 15 is 0 Å². The molecule has 2 aliphatic heterocycles. The van der Waals surface area contributed by atoms with Crippen molar-refractivity contribution in [2.75, 3.05) is 9.80 Å². The Hall–Kier alpha value is -6.26. The fraction of sp³-hybridized carbons (Fsp3) is 0.380. The lowest BCUT2D eigenvalue weighted by Crippen LogP contribution is -2.61. The van der Waals surface area contributed by atoms with Gasteiger partial charge in [-0.3, -0.25) is 0 Å². The molecule has 0 spiro atoms. The normalized spacial score (nSPS) is 16.6. The lowest BCUT2D eigenvalue weighted by molar-refractivity contribution is 0.332. The molecule has 4 aliphatic rings. The molecule has 0 radical (unpaired) electrons. The maximum Gasteiger partial charge on any atom is 0.252 e. The highest BCUT2D eigenvalue weighted by molar-refractivity contribution is 7.00. The molecule has 3 nitrogen and oxygen atoms in total. The summed E-state index contributed by atoms with van der Waals surface area (Å²) in [6.07, 6.45) is 2.34. The van der Waals surface area contributed by atoms with Crippen molar-refractivity contribution in [3.8, 4) is 16.8 Å². The highest BCUT2D eigenvalue weighted by Gasteiger charge is 2.49. The molecule has 2 aliphatic carbocycles. The second-order valence-electron chi connectivity index (χ2n) is 28.5. The van der Waals surface area contributed by atoms with E-state index in [9.17, 15) is 0 Å². The Bertz CT molecular complexity index is 3690. The topological polar surface area (TPSA) is 11.4 Å². The van der Waals surface area contributed by atoms with Crippen LogP contribution in [-0.2, 0) is 32.5 Å². The summed E-state index contributed by atoms with van der Waals surface area (Å²) in [6, 6.07) is 46.5. The van der Waals surface area contributed by atoms with Gasteiger partial charge in [0, 0.05) is 67.4 Å². The van der Waals surface area contributed by atoms with Crippen LogP contribution in [0.5, 0.6) is 0 Å². The van der Waals surface area contributed by atoms with Crippen molar-refractivity contribution in [3.63, 3.8) is 0 Å². The van der Waals surface area contributed by atoms with Gasteiger partial charge >= 0.3 is 0 Å². The molecule has 0 unspecified atom stereocenters. The van der Waals surface area contributed by atoms with Gasteiger partial charge in [0.25, 0.3) is 6.71 Å². The highest BCUT2D eigenvalue weighted by atomic mass is 15.2. The average Bonchev–Trinajstić information content (AvgIpc) is 3.80. The second-order valence-corrected chi connectivity index (χ2v) is 28.5. The van der Waals surface area contributed by atoms with Crippen molar-refractivity contribution in [1.82, 2.24) is 4.57 Å². The number of aryl methyl sites for hydroxylation is 4. The van der Waals surface area contributed by atoms with Crippen LogP contribution in [0.4, 0.5) is 34.1 Å². The highest BCUT2D eigenvalue weighted by Crippen LogP contribution is 2.56. The molecule has 1 aromatic heterocycles. The predicted molar refractivity (Wildman–Crippen MR) is 325 cm³/mol. The van der Waals surface area contributed by atoms with Crippen molar-refractivity contribution in [3.05, 3.63) is 177 Å². The third-order valence-electron chi connectivity index (χ3n) is 18.6. The van der Waals surface area contributed by atoms with Gasteiger partial charge in [-0.05, 0) is 194 Å². The van der Waals surface area contributed by atoms with E-state index in [1.807, 2.05) is 0 Å². The van der Waals surface area contributed by atoms with Crippen molar-refractivity contribution < 1.29 is 0 Å². The summed E-state index contributed by atoms with van der Waals surface area (Å²) >= 11 is 0. The summed E-state index contributed by atoms with van der Waals surface area (Å²) in [6.45, 7) is 45.3. The van der Waals surface area contributed by atoms with Gasteiger partial charge < -0.3 is 14.4 Å². The molecule has 12 rings (SSSR count). The Morgan fingerprint density at radius 3 is 1.65 bits per heavy atom. The lowest BCUT2D eigenvalue weighted by atomic mass is 9.33. The molecule has 0 amide bonds. The zero-order chi connectivity index (χ0) is 53.6. The van der Waals surface area contributed by atoms with Gasteiger partial charge in [-0.25, -0.2) is 0 Å². The molecule has 0 N–H and O–H groups in total. The summed E-state index contributed by atoms with van der Waals surface area (Å²) in [7, 11) is 0. The van der Waals surface area contributed by atoms with Crippen LogP contribution in [0, 0.1) is 27.7 Å². The quantitative estimate of drug-likeness (QED) is 0.163. The monoisotopic (exact) mass is 986 g/mol. The van der Waals surface area contributed by atoms with E-state index in [0.29, 0.717) is 0 Å². The molecule has 0 bridgehead atoms. The molecule has 7 aromatic carbocycles. The van der Waals surface area contributed by atoms with Gasteiger partial charge in [-0.2, -0.15) is 0 Å². The smallest absolute Gasteiger partial charge is 0.252 e. The van der Waals surface area contributed by atoms with E-state index in [1.165, 1.54) is 140 Å². The molecule has 3 heterocycles. The van der Waals surface area contributed by atoms with Crippen molar-refractivity contribution in [2.45, 2.75) is 177 Å². The van der Waals surface area contributed by atoms with Gasteiger partial charge in [0.1, 0.15) is 0 Å². The third-order valence-corrected chi connectivity index (χ3v) is 18.6. The van der Waals surface area contributed by atoms with Crippen LogP contribution in [-0.4, -0.2) is 11.3 Å². The van der Waals surface area contributed by atoms with E-state index in [1.54, 1.807) is 0 Å². The van der Waals surface area contributed by atoms with Crippen LogP contribution < -0.4 is 26.2 Å². The first-order valence-electron chi connectivity index (χ1n) is 28.1. The minimum atomic E-state index is -0.210. The molecule has 0 atom stereocenters. The number of anilines is 6. The number of benzene rings is 7. The SMILES string of the molecule is Cc1cc2c3c(c1)-n1c4c(c5cc(C(C)(C)C)cc(c51)B3c1ccc(N(c3ccc(C(C)(C)C)cc3C)c3ccc(C(C)(C)C)cc3C)cc1N2c1cc2c(cc1C)C(C)(C)CCC2(C)C)-c1ccccc1C4(C)C. The minimum absolute atomic E-state index is 0.00366. The van der Waals surface area contributed by atoms with Crippen LogP contribution in [0.25, 0.3) is 27.7 Å². The Labute approximate surface area is 450 Å². The largest absolute Gasteiger partial charge is 0.313 e. The molecule has 4 heteroatoms. The Morgan fingerprint density at radius 2 is 1.07 bits per heavy atom. The van der Waals surface area contributed by atoms with E-state index in [2.05, 4.69) is 261 Å². The molecule has 382 valence electrons. The zero-order valence-corrected chi connectivity index (χ0v) is 48.8. The molecule has 8 aromatic rings. The van der Waals surface area contributed by atoms with E-state index in [-0.39, 0.29) is 39.2 Å². The van der Waals surface area contributed by atoms with Crippen molar-refractivity contribution in [2.24, 2.45) is 0 Å². The van der Waals surface area contributed by atoms with Gasteiger partial charge in [0.2, 0.25) is 0 Å². The minimum Gasteiger partial charge on any atom is -0.313 e. The Kier molecular flexibility index (Phi) is 10.5. The first kappa shape index (κ1) is 49.6. The van der Waals surface area contributed by atoms with Crippen LogP contribution in [0.2, 0.25) is 0 Å². The zero-order valence-electron chi connectivity index (χ0n) is 48.8. The third kappa shape index (κ3) is 7.27. The summed E-state index contributed by atoms with van der Waals surface area (Å²) in [4.78, 5) is 5.29. The summed E-state index contributed by atoms with van der Waals surface area (Å²) < 4.78 is 2.74. The summed E-state index contributed by atoms with van der Waals surface area (Å²) in [5.41, 5.74) is 31.9. The molecule has 0 saturated heterocycles. The summed E-state index contributed by atoms with van der Waals surface area (Å²) in [5.74, 6) is 0. The van der Waals surface area contributed by atoms with Gasteiger partial charge in [0.15, 0.2) is 0 Å². The maximum atomic E-state index is 2.74. The number of fused-ring (bicyclic) bond motifs is 10. The molecular weight excluding hydrogens is 906 g/mol. The Balaban J connectivity index is 1.21. The number of rotatable bonds is 4. The van der Waals surface area contributed by atoms with Gasteiger partial charge in [0.05, 0.1) is 0 Å². The number of nitrogens with zero attached hydrogens (tertiary/aromatic N) is 3. The summed E-state index contributed by atoms with van der Waals surface area (Å²) in [5, 5.41) is 1.38. The molecule has 0 fully saturated rings. The van der Waals surface area contributed by atoms with Crippen molar-refractivity contribution >= 4 is 68.1 Å². The molecule has 75 heavy (non-hydrogen) atoms. The van der Waals surface area contributed by atoms with E-state index < -0.39 is 0 Å². The first-order chi connectivity index (χ1) is 35.0. The van der Waals surface area contributed by atoms with Crippen LogP contribution in [0.3, 0.4) is 0 Å².